The van der Waals surface area contributed by atoms with Crippen molar-refractivity contribution < 1.29 is 14.7 Å². The van der Waals surface area contributed by atoms with Gasteiger partial charge in [-0.25, -0.2) is 0 Å². The van der Waals surface area contributed by atoms with Crippen molar-refractivity contribution in [1.29, 1.82) is 0 Å². The first-order valence-electron chi connectivity index (χ1n) is 7.07. The van der Waals surface area contributed by atoms with Crippen LogP contribution < -0.4 is 5.32 Å². The van der Waals surface area contributed by atoms with Crippen LogP contribution in [-0.4, -0.2) is 21.8 Å². The number of rotatable bonds is 4. The molecule has 1 amide bonds. The second-order valence-corrected chi connectivity index (χ2v) is 5.44. The van der Waals surface area contributed by atoms with E-state index in [9.17, 15) is 14.7 Å². The number of Topliss-reactive ketones (excluding diaryl/α,β-unsaturated/α-hetero) is 1. The summed E-state index contributed by atoms with van der Waals surface area (Å²) < 4.78 is 0. The molecule has 0 bridgehead atoms. The third kappa shape index (κ3) is 2.94. The van der Waals surface area contributed by atoms with Crippen LogP contribution in [0.4, 0.5) is 5.69 Å². The number of ketones is 1. The highest BCUT2D eigenvalue weighted by Crippen LogP contribution is 2.22. The van der Waals surface area contributed by atoms with Crippen LogP contribution in [-0.2, 0) is 6.61 Å². The van der Waals surface area contributed by atoms with E-state index in [4.69, 9.17) is 0 Å². The zero-order valence-electron chi connectivity index (χ0n) is 13.2. The molecule has 2 rings (SSSR count). The molecule has 3 N–H and O–H groups in total. The molecule has 0 saturated carbocycles. The number of nitrogens with one attached hydrogen (secondary N) is 2. The van der Waals surface area contributed by atoms with Gasteiger partial charge in [0, 0.05) is 16.9 Å². The molecule has 22 heavy (non-hydrogen) atoms. The number of hydrogen-bond acceptors (Lipinski definition) is 3. The molecule has 0 fully saturated rings. The summed E-state index contributed by atoms with van der Waals surface area (Å²) in [4.78, 5) is 27.1. The molecule has 0 aliphatic rings. The number of aliphatic hydroxyl groups excluding tert-OH is 1. The lowest BCUT2D eigenvalue weighted by Crippen LogP contribution is -2.15. The van der Waals surface area contributed by atoms with Crippen molar-refractivity contribution in [3.63, 3.8) is 0 Å². The topological polar surface area (TPSA) is 82.2 Å². The predicted molar refractivity (Wildman–Crippen MR) is 85.3 cm³/mol. The maximum absolute atomic E-state index is 12.5. The van der Waals surface area contributed by atoms with E-state index in [2.05, 4.69) is 10.3 Å². The molecule has 0 aliphatic heterocycles. The van der Waals surface area contributed by atoms with Gasteiger partial charge in [-0.2, -0.15) is 0 Å². The van der Waals surface area contributed by atoms with Crippen LogP contribution >= 0.6 is 0 Å². The number of aliphatic hydroxyl groups is 1. The molecule has 0 aliphatic carbocycles. The van der Waals surface area contributed by atoms with Crippen molar-refractivity contribution in [2.24, 2.45) is 0 Å². The fourth-order valence-electron chi connectivity index (χ4n) is 2.59. The van der Waals surface area contributed by atoms with Crippen molar-refractivity contribution in [1.82, 2.24) is 4.98 Å². The summed E-state index contributed by atoms with van der Waals surface area (Å²) in [7, 11) is 0. The number of carbonyl (C=O) groups excluding carboxylic acids is 2. The molecule has 0 radical (unpaired) electrons. The van der Waals surface area contributed by atoms with E-state index in [-0.39, 0.29) is 18.3 Å². The highest BCUT2D eigenvalue weighted by Gasteiger charge is 2.20. The minimum absolute atomic E-state index is 0.0660. The first-order chi connectivity index (χ1) is 10.3. The van der Waals surface area contributed by atoms with E-state index in [0.717, 1.165) is 11.1 Å². The molecular weight excluding hydrogens is 280 g/mol. The lowest BCUT2D eigenvalue weighted by molar-refractivity contribution is 0.101. The molecule has 116 valence electrons. The van der Waals surface area contributed by atoms with E-state index < -0.39 is 0 Å². The van der Waals surface area contributed by atoms with E-state index in [0.29, 0.717) is 28.2 Å². The van der Waals surface area contributed by atoms with Crippen LogP contribution in [0.25, 0.3) is 0 Å². The average Bonchev–Trinajstić information content (AvgIpc) is 2.76. The van der Waals surface area contributed by atoms with Gasteiger partial charge in [-0.15, -0.1) is 0 Å². The summed E-state index contributed by atoms with van der Waals surface area (Å²) in [6.07, 6.45) is 0. The van der Waals surface area contributed by atoms with Gasteiger partial charge in [0.2, 0.25) is 0 Å². The fraction of sp³-hybridized carbons (Fsp3) is 0.294. The Balaban J connectivity index is 2.34. The number of aromatic amines is 1. The van der Waals surface area contributed by atoms with Gasteiger partial charge in [0.15, 0.2) is 5.78 Å². The number of aromatic nitrogens is 1. The van der Waals surface area contributed by atoms with Crippen LogP contribution in [0.1, 0.15) is 50.2 Å². The van der Waals surface area contributed by atoms with Gasteiger partial charge in [-0.05, 0) is 50.5 Å². The Hall–Kier alpha value is -2.40. The third-order valence-electron chi connectivity index (χ3n) is 3.75. The van der Waals surface area contributed by atoms with Crippen LogP contribution in [0, 0.1) is 20.8 Å². The molecule has 0 saturated heterocycles. The van der Waals surface area contributed by atoms with E-state index in [1.165, 1.54) is 6.92 Å². The lowest BCUT2D eigenvalue weighted by Gasteiger charge is -2.10. The second-order valence-electron chi connectivity index (χ2n) is 5.44. The van der Waals surface area contributed by atoms with E-state index in [1.54, 1.807) is 19.9 Å². The number of hydrogen-bond donors (Lipinski definition) is 3. The molecule has 0 atom stereocenters. The average molecular weight is 300 g/mol. The molecule has 5 heteroatoms. The van der Waals surface area contributed by atoms with Gasteiger partial charge >= 0.3 is 0 Å². The fourth-order valence-corrected chi connectivity index (χ4v) is 2.59. The summed E-state index contributed by atoms with van der Waals surface area (Å²) in [6.45, 7) is 6.81. The van der Waals surface area contributed by atoms with E-state index in [1.807, 2.05) is 19.1 Å². The molecule has 1 aromatic carbocycles. The minimum atomic E-state index is -0.300. The Kier molecular flexibility index (Phi) is 4.47. The maximum atomic E-state index is 12.5. The number of benzene rings is 1. The van der Waals surface area contributed by atoms with Crippen LogP contribution in [0.15, 0.2) is 18.2 Å². The molecule has 1 aromatic heterocycles. The Morgan fingerprint density at radius 1 is 1.23 bits per heavy atom. The van der Waals surface area contributed by atoms with Crippen molar-refractivity contribution in [2.75, 3.05) is 5.32 Å². The lowest BCUT2D eigenvalue weighted by atomic mass is 10.1. The second kappa shape index (κ2) is 6.15. The van der Waals surface area contributed by atoms with Gasteiger partial charge in [-0.3, -0.25) is 9.59 Å². The summed E-state index contributed by atoms with van der Waals surface area (Å²) >= 11 is 0. The van der Waals surface area contributed by atoms with Gasteiger partial charge in [-0.1, -0.05) is 12.1 Å². The Morgan fingerprint density at radius 3 is 2.45 bits per heavy atom. The van der Waals surface area contributed by atoms with Crippen LogP contribution in [0.3, 0.4) is 0 Å². The molecule has 1 heterocycles. The highest BCUT2D eigenvalue weighted by molar-refractivity contribution is 6.07. The number of aryl methyl sites for hydroxylation is 2. The molecule has 0 spiro atoms. The minimum Gasteiger partial charge on any atom is -0.392 e. The smallest absolute Gasteiger partial charge is 0.272 e. The predicted octanol–water partition coefficient (Wildman–Crippen LogP) is 2.89. The summed E-state index contributed by atoms with van der Waals surface area (Å²) in [5, 5.41) is 12.0. The molecule has 2 aromatic rings. The van der Waals surface area contributed by atoms with Gasteiger partial charge in [0.25, 0.3) is 5.91 Å². The van der Waals surface area contributed by atoms with Crippen LogP contribution in [0.2, 0.25) is 0 Å². The quantitative estimate of drug-likeness (QED) is 0.759. The standard InChI is InChI=1S/C17H20N2O3/c1-9-5-6-13(8-20)7-14(9)19-17(22)16-10(2)15(12(4)21)11(3)18-16/h5-7,18,20H,8H2,1-4H3,(H,19,22). The number of amides is 1. The van der Waals surface area contributed by atoms with Crippen LogP contribution in [0.5, 0.6) is 0 Å². The van der Waals surface area contributed by atoms with Crippen molar-refractivity contribution in [3.05, 3.63) is 51.8 Å². The Morgan fingerprint density at radius 2 is 1.91 bits per heavy atom. The zero-order valence-corrected chi connectivity index (χ0v) is 13.2. The van der Waals surface area contributed by atoms with Gasteiger partial charge in [0.1, 0.15) is 5.69 Å². The first-order valence-corrected chi connectivity index (χ1v) is 7.07. The van der Waals surface area contributed by atoms with Crippen molar-refractivity contribution >= 4 is 17.4 Å². The Labute approximate surface area is 129 Å². The molecule has 5 nitrogen and oxygen atoms in total. The van der Waals surface area contributed by atoms with Crippen molar-refractivity contribution in [3.8, 4) is 0 Å². The first kappa shape index (κ1) is 16.0. The largest absolute Gasteiger partial charge is 0.392 e. The number of H-pyrrole nitrogens is 1. The van der Waals surface area contributed by atoms with Crippen molar-refractivity contribution in [2.45, 2.75) is 34.3 Å². The third-order valence-corrected chi connectivity index (χ3v) is 3.75. The number of anilines is 1. The SMILES string of the molecule is CC(=O)c1c(C)[nH]c(C(=O)Nc2cc(CO)ccc2C)c1C. The maximum Gasteiger partial charge on any atom is 0.272 e. The molecular formula is C17H20N2O3. The zero-order chi connectivity index (χ0) is 16.4. The summed E-state index contributed by atoms with van der Waals surface area (Å²) in [5.41, 5.74) is 4.56. The summed E-state index contributed by atoms with van der Waals surface area (Å²) in [6, 6.07) is 5.39. The number of carbonyl (C=O) groups is 2. The highest BCUT2D eigenvalue weighted by atomic mass is 16.3. The molecule has 0 unspecified atom stereocenters. The van der Waals surface area contributed by atoms with E-state index >= 15 is 0 Å². The summed E-state index contributed by atoms with van der Waals surface area (Å²) in [5.74, 6) is -0.366. The van der Waals surface area contributed by atoms with Gasteiger partial charge in [0.05, 0.1) is 6.61 Å². The van der Waals surface area contributed by atoms with Gasteiger partial charge < -0.3 is 15.4 Å². The Bertz CT molecular complexity index is 745. The monoisotopic (exact) mass is 300 g/mol. The normalized spacial score (nSPS) is 10.6.